The van der Waals surface area contributed by atoms with Gasteiger partial charge < -0.3 is 11.1 Å². The molecule has 1 aromatic carbocycles. The number of amides is 1. The van der Waals surface area contributed by atoms with Gasteiger partial charge in [-0.25, -0.2) is 8.78 Å². The van der Waals surface area contributed by atoms with E-state index in [1.54, 1.807) is 0 Å². The monoisotopic (exact) mass is 256 g/mol. The number of hydrogen-bond donors (Lipinski definition) is 2. The van der Waals surface area contributed by atoms with Gasteiger partial charge in [-0.1, -0.05) is 19.4 Å². The second kappa shape index (κ2) is 7.06. The highest BCUT2D eigenvalue weighted by Gasteiger charge is 2.11. The molecule has 0 heterocycles. The minimum absolute atomic E-state index is 0.0252. The fourth-order valence-corrected chi connectivity index (χ4v) is 1.71. The van der Waals surface area contributed by atoms with E-state index < -0.39 is 11.6 Å². The Bertz CT molecular complexity index is 410. The van der Waals surface area contributed by atoms with Gasteiger partial charge in [0.05, 0.1) is 6.42 Å². The smallest absolute Gasteiger partial charge is 0.224 e. The van der Waals surface area contributed by atoms with E-state index in [9.17, 15) is 13.6 Å². The Morgan fingerprint density at radius 2 is 2.11 bits per heavy atom. The third kappa shape index (κ3) is 4.41. The van der Waals surface area contributed by atoms with E-state index in [1.165, 1.54) is 6.07 Å². The standard InChI is InChI=1S/C13H18F2N2O/c1-2-3-10(8-16)17-13(18)7-9-4-5-11(14)12(15)6-9/h4-6,10H,2-3,7-8,16H2,1H3,(H,17,18). The van der Waals surface area contributed by atoms with Crippen molar-refractivity contribution in [3.8, 4) is 0 Å². The van der Waals surface area contributed by atoms with E-state index in [2.05, 4.69) is 5.32 Å². The van der Waals surface area contributed by atoms with Gasteiger partial charge in [-0.05, 0) is 24.1 Å². The lowest BCUT2D eigenvalue weighted by Crippen LogP contribution is -2.40. The molecule has 0 saturated heterocycles. The summed E-state index contributed by atoms with van der Waals surface area (Å²) in [6.07, 6.45) is 1.75. The quantitative estimate of drug-likeness (QED) is 0.814. The van der Waals surface area contributed by atoms with Crippen LogP contribution in [0.25, 0.3) is 0 Å². The summed E-state index contributed by atoms with van der Waals surface area (Å²) in [5.74, 6) is -2.08. The van der Waals surface area contributed by atoms with Gasteiger partial charge >= 0.3 is 0 Å². The minimum atomic E-state index is -0.941. The fraction of sp³-hybridized carbons (Fsp3) is 0.462. The van der Waals surface area contributed by atoms with Gasteiger partial charge in [-0.2, -0.15) is 0 Å². The maximum absolute atomic E-state index is 13.0. The van der Waals surface area contributed by atoms with Crippen LogP contribution < -0.4 is 11.1 Å². The number of rotatable bonds is 6. The molecule has 1 atom stereocenters. The number of nitrogens with one attached hydrogen (secondary N) is 1. The number of nitrogens with two attached hydrogens (primary N) is 1. The molecule has 0 radical (unpaired) electrons. The van der Waals surface area contributed by atoms with E-state index >= 15 is 0 Å². The average molecular weight is 256 g/mol. The molecular weight excluding hydrogens is 238 g/mol. The maximum Gasteiger partial charge on any atom is 0.224 e. The summed E-state index contributed by atoms with van der Waals surface area (Å²) in [5, 5.41) is 2.77. The van der Waals surface area contributed by atoms with E-state index in [1.807, 2.05) is 6.92 Å². The first-order valence-corrected chi connectivity index (χ1v) is 6.00. The normalized spacial score (nSPS) is 12.2. The molecular formula is C13H18F2N2O. The Labute approximate surface area is 105 Å². The number of carbonyl (C=O) groups excluding carboxylic acids is 1. The second-order valence-corrected chi connectivity index (χ2v) is 4.21. The Morgan fingerprint density at radius 1 is 1.39 bits per heavy atom. The Hall–Kier alpha value is -1.49. The van der Waals surface area contributed by atoms with Crippen molar-refractivity contribution in [3.05, 3.63) is 35.4 Å². The predicted molar refractivity (Wildman–Crippen MR) is 66.0 cm³/mol. The van der Waals surface area contributed by atoms with Crippen LogP contribution in [0.2, 0.25) is 0 Å². The summed E-state index contributed by atoms with van der Waals surface area (Å²) in [6.45, 7) is 2.38. The van der Waals surface area contributed by atoms with Gasteiger partial charge in [0, 0.05) is 12.6 Å². The lowest BCUT2D eigenvalue weighted by atomic mass is 10.1. The maximum atomic E-state index is 13.0. The van der Waals surface area contributed by atoms with Crippen LogP contribution in [-0.4, -0.2) is 18.5 Å². The summed E-state index contributed by atoms with van der Waals surface area (Å²) in [6, 6.07) is 3.39. The van der Waals surface area contributed by atoms with Gasteiger partial charge in [0.15, 0.2) is 11.6 Å². The van der Waals surface area contributed by atoms with Crippen LogP contribution in [0, 0.1) is 11.6 Å². The van der Waals surface area contributed by atoms with Crippen molar-refractivity contribution >= 4 is 5.91 Å². The molecule has 0 aliphatic heterocycles. The van der Waals surface area contributed by atoms with Gasteiger partial charge in [0.25, 0.3) is 0 Å². The van der Waals surface area contributed by atoms with Crippen molar-refractivity contribution in [2.45, 2.75) is 32.2 Å². The number of carbonyl (C=O) groups is 1. The summed E-state index contributed by atoms with van der Waals surface area (Å²) in [7, 11) is 0. The van der Waals surface area contributed by atoms with Crippen molar-refractivity contribution < 1.29 is 13.6 Å². The molecule has 1 aromatic rings. The summed E-state index contributed by atoms with van der Waals surface area (Å²) in [5.41, 5.74) is 5.96. The third-order valence-electron chi connectivity index (χ3n) is 2.64. The zero-order valence-electron chi connectivity index (χ0n) is 10.4. The first-order valence-electron chi connectivity index (χ1n) is 6.00. The molecule has 5 heteroatoms. The zero-order valence-corrected chi connectivity index (χ0v) is 10.4. The summed E-state index contributed by atoms with van der Waals surface area (Å²) < 4.78 is 25.7. The molecule has 0 fully saturated rings. The topological polar surface area (TPSA) is 55.1 Å². The van der Waals surface area contributed by atoms with Crippen LogP contribution in [0.3, 0.4) is 0 Å². The van der Waals surface area contributed by atoms with Crippen molar-refractivity contribution in [1.82, 2.24) is 5.32 Å². The molecule has 0 saturated carbocycles. The predicted octanol–water partition coefficient (Wildman–Crippen LogP) is 1.75. The molecule has 0 spiro atoms. The number of halogens is 2. The van der Waals surface area contributed by atoms with E-state index in [0.29, 0.717) is 12.1 Å². The Balaban J connectivity index is 2.55. The first-order chi connectivity index (χ1) is 8.56. The molecule has 0 aliphatic carbocycles. The van der Waals surface area contributed by atoms with Crippen molar-refractivity contribution in [3.63, 3.8) is 0 Å². The Kier molecular flexibility index (Phi) is 5.71. The number of hydrogen-bond acceptors (Lipinski definition) is 2. The molecule has 3 N–H and O–H groups in total. The molecule has 1 unspecified atom stereocenters. The molecule has 1 amide bonds. The highest BCUT2D eigenvalue weighted by Crippen LogP contribution is 2.09. The van der Waals surface area contributed by atoms with Crippen LogP contribution in [0.5, 0.6) is 0 Å². The lowest BCUT2D eigenvalue weighted by molar-refractivity contribution is -0.121. The van der Waals surface area contributed by atoms with E-state index in [0.717, 1.165) is 25.0 Å². The van der Waals surface area contributed by atoms with Gasteiger partial charge in [-0.3, -0.25) is 4.79 Å². The number of benzene rings is 1. The van der Waals surface area contributed by atoms with Crippen LogP contribution in [-0.2, 0) is 11.2 Å². The van der Waals surface area contributed by atoms with Crippen LogP contribution in [0.1, 0.15) is 25.3 Å². The molecule has 0 aliphatic rings. The molecule has 0 aromatic heterocycles. The summed E-state index contributed by atoms with van der Waals surface area (Å²) in [4.78, 5) is 11.7. The first kappa shape index (κ1) is 14.6. The molecule has 0 bridgehead atoms. The van der Waals surface area contributed by atoms with Crippen molar-refractivity contribution in [1.29, 1.82) is 0 Å². The molecule has 1 rings (SSSR count). The zero-order chi connectivity index (χ0) is 13.5. The van der Waals surface area contributed by atoms with Crippen molar-refractivity contribution in [2.75, 3.05) is 6.54 Å². The van der Waals surface area contributed by atoms with Gasteiger partial charge in [0.2, 0.25) is 5.91 Å². The highest BCUT2D eigenvalue weighted by atomic mass is 19.2. The largest absolute Gasteiger partial charge is 0.352 e. The van der Waals surface area contributed by atoms with Crippen molar-refractivity contribution in [2.24, 2.45) is 5.73 Å². The third-order valence-corrected chi connectivity index (χ3v) is 2.64. The molecule has 3 nitrogen and oxygen atoms in total. The van der Waals surface area contributed by atoms with E-state index in [4.69, 9.17) is 5.73 Å². The fourth-order valence-electron chi connectivity index (χ4n) is 1.71. The SMILES string of the molecule is CCCC(CN)NC(=O)Cc1ccc(F)c(F)c1. The average Bonchev–Trinajstić information content (AvgIpc) is 2.33. The molecule has 100 valence electrons. The lowest BCUT2D eigenvalue weighted by Gasteiger charge is -2.15. The van der Waals surface area contributed by atoms with Gasteiger partial charge in [-0.15, -0.1) is 0 Å². The van der Waals surface area contributed by atoms with Gasteiger partial charge in [0.1, 0.15) is 0 Å². The van der Waals surface area contributed by atoms with Crippen LogP contribution >= 0.6 is 0 Å². The molecule has 18 heavy (non-hydrogen) atoms. The summed E-state index contributed by atoms with van der Waals surface area (Å²) >= 11 is 0. The second-order valence-electron chi connectivity index (χ2n) is 4.21. The van der Waals surface area contributed by atoms with E-state index in [-0.39, 0.29) is 18.4 Å². The van der Waals surface area contributed by atoms with Crippen LogP contribution in [0.15, 0.2) is 18.2 Å². The minimum Gasteiger partial charge on any atom is -0.352 e. The Morgan fingerprint density at radius 3 is 2.67 bits per heavy atom. The highest BCUT2D eigenvalue weighted by molar-refractivity contribution is 5.78. The van der Waals surface area contributed by atoms with Crippen LogP contribution in [0.4, 0.5) is 8.78 Å².